The molecule has 1 saturated carbocycles. The van der Waals surface area contributed by atoms with Gasteiger partial charge >= 0.3 is 0 Å². The molecule has 0 spiro atoms. The summed E-state index contributed by atoms with van der Waals surface area (Å²) in [6.07, 6.45) is 2.66. The number of ether oxygens (including phenoxy) is 2. The Morgan fingerprint density at radius 2 is 2.00 bits per heavy atom. The Balaban J connectivity index is 1.18. The monoisotopic (exact) mass is 501 g/mol. The van der Waals surface area contributed by atoms with Gasteiger partial charge in [0.05, 0.1) is 5.69 Å². The number of hydrogen-bond donors (Lipinski definition) is 3. The molecule has 9 heteroatoms. The van der Waals surface area contributed by atoms with E-state index < -0.39 is 6.29 Å². The average Bonchev–Trinajstić information content (AvgIpc) is 3.56. The molecule has 0 bridgehead atoms. The van der Waals surface area contributed by atoms with E-state index >= 15 is 0 Å². The van der Waals surface area contributed by atoms with Crippen molar-refractivity contribution in [1.82, 2.24) is 20.4 Å². The summed E-state index contributed by atoms with van der Waals surface area (Å²) in [6.45, 7) is 3.88. The van der Waals surface area contributed by atoms with E-state index in [2.05, 4.69) is 16.0 Å². The van der Waals surface area contributed by atoms with Gasteiger partial charge in [0.2, 0.25) is 5.91 Å². The molecule has 2 aromatic carbocycles. The van der Waals surface area contributed by atoms with Gasteiger partial charge in [-0.1, -0.05) is 42.5 Å². The third-order valence-electron chi connectivity index (χ3n) is 6.92. The van der Waals surface area contributed by atoms with Gasteiger partial charge in [-0.3, -0.25) is 14.9 Å². The molecule has 3 heterocycles. The summed E-state index contributed by atoms with van der Waals surface area (Å²) in [5.74, 6) is 1.74. The van der Waals surface area contributed by atoms with Crippen molar-refractivity contribution in [1.29, 1.82) is 0 Å². The Bertz CT molecular complexity index is 1330. The minimum atomic E-state index is -0.594. The molecule has 9 nitrogen and oxygen atoms in total. The zero-order valence-electron chi connectivity index (χ0n) is 21.0. The zero-order valence-corrected chi connectivity index (χ0v) is 21.0. The van der Waals surface area contributed by atoms with Crippen molar-refractivity contribution < 1.29 is 19.1 Å². The van der Waals surface area contributed by atoms with Crippen LogP contribution in [-0.2, 0) is 16.0 Å². The van der Waals surface area contributed by atoms with Crippen LogP contribution in [0.5, 0.6) is 11.5 Å². The summed E-state index contributed by atoms with van der Waals surface area (Å²) in [4.78, 5) is 25.6. The Kier molecular flexibility index (Phi) is 5.87. The summed E-state index contributed by atoms with van der Waals surface area (Å²) < 4.78 is 13.6. The first-order valence-corrected chi connectivity index (χ1v) is 12.8. The zero-order chi connectivity index (χ0) is 25.6. The summed E-state index contributed by atoms with van der Waals surface area (Å²) in [5, 5.41) is 14.1. The second kappa shape index (κ2) is 9.23. The van der Waals surface area contributed by atoms with Crippen molar-refractivity contribution in [3.8, 4) is 11.5 Å². The van der Waals surface area contributed by atoms with Crippen molar-refractivity contribution in [2.24, 2.45) is 0 Å². The molecule has 1 saturated heterocycles. The van der Waals surface area contributed by atoms with E-state index in [-0.39, 0.29) is 30.1 Å². The molecule has 2 aliphatic heterocycles. The van der Waals surface area contributed by atoms with Crippen LogP contribution in [0.4, 0.5) is 5.82 Å². The van der Waals surface area contributed by atoms with E-state index in [1.165, 1.54) is 0 Å². The maximum absolute atomic E-state index is 13.0. The van der Waals surface area contributed by atoms with Crippen LogP contribution in [-0.4, -0.2) is 33.8 Å². The highest BCUT2D eigenvalue weighted by Gasteiger charge is 2.34. The van der Waals surface area contributed by atoms with E-state index in [1.807, 2.05) is 68.4 Å². The lowest BCUT2D eigenvalue weighted by Gasteiger charge is -2.32. The van der Waals surface area contributed by atoms with Gasteiger partial charge in [0.15, 0.2) is 24.4 Å². The highest BCUT2D eigenvalue weighted by atomic mass is 16.5. The van der Waals surface area contributed by atoms with Gasteiger partial charge in [0.1, 0.15) is 11.4 Å². The molecule has 2 fully saturated rings. The second-order valence-corrected chi connectivity index (χ2v) is 10.6. The van der Waals surface area contributed by atoms with Crippen LogP contribution in [0, 0.1) is 0 Å². The van der Waals surface area contributed by atoms with Crippen LogP contribution in [0.25, 0.3) is 0 Å². The van der Waals surface area contributed by atoms with Crippen molar-refractivity contribution in [3.05, 3.63) is 71.4 Å². The van der Waals surface area contributed by atoms with Crippen molar-refractivity contribution >= 4 is 17.6 Å². The number of fused-ring (bicyclic) bond motifs is 1. The van der Waals surface area contributed by atoms with Gasteiger partial charge in [-0.2, -0.15) is 5.10 Å². The first-order valence-electron chi connectivity index (χ1n) is 12.8. The molecular formula is C28H31N5O4. The molecule has 2 atom stereocenters. The molecule has 37 heavy (non-hydrogen) atoms. The van der Waals surface area contributed by atoms with Crippen molar-refractivity contribution in [2.45, 2.75) is 63.4 Å². The Hall–Kier alpha value is -3.85. The number of anilines is 1. The number of carbonyl (C=O) groups excluding carboxylic acids is 2. The molecule has 3 aromatic rings. The predicted octanol–water partition coefficient (Wildman–Crippen LogP) is 3.80. The number of aromatic nitrogens is 2. The van der Waals surface area contributed by atoms with Crippen molar-refractivity contribution in [3.63, 3.8) is 0 Å². The molecule has 6 rings (SSSR count). The van der Waals surface area contributed by atoms with E-state index in [0.717, 1.165) is 36.1 Å². The number of amides is 2. The van der Waals surface area contributed by atoms with Gasteiger partial charge in [0.25, 0.3) is 5.91 Å². The number of rotatable bonds is 7. The van der Waals surface area contributed by atoms with Gasteiger partial charge < -0.3 is 20.1 Å². The largest absolute Gasteiger partial charge is 0.483 e. The Morgan fingerprint density at radius 1 is 1.19 bits per heavy atom. The smallest absolute Gasteiger partial charge is 0.263 e. The first-order chi connectivity index (χ1) is 17.8. The summed E-state index contributed by atoms with van der Waals surface area (Å²) in [6, 6.07) is 17.3. The molecule has 2 unspecified atom stereocenters. The first kappa shape index (κ1) is 23.5. The number of para-hydroxylation sites is 1. The number of benzene rings is 2. The fourth-order valence-electron chi connectivity index (χ4n) is 5.02. The van der Waals surface area contributed by atoms with Crippen LogP contribution < -0.4 is 25.4 Å². The quantitative estimate of drug-likeness (QED) is 0.455. The number of nitrogens with zero attached hydrogens (tertiary/aromatic N) is 2. The lowest BCUT2D eigenvalue weighted by molar-refractivity contribution is -0.125. The topological polar surface area (TPSA) is 107 Å². The highest BCUT2D eigenvalue weighted by molar-refractivity contribution is 5.91. The fourth-order valence-corrected chi connectivity index (χ4v) is 5.02. The standard InChI is InChI=1S/C28H31N5O4/c1-28(2)15-19-9-6-10-22(26(19)37-28)36-16-25(35)30-23-13-21(18-11-12-18)32-33(23)27-29-20(14-24(34)31-27)17-7-4-3-5-8-17/h3-10,13,18,20,27,29H,11-12,14-16H2,1-2H3,(H,30,35)(H,31,34). The molecule has 0 radical (unpaired) electrons. The van der Waals surface area contributed by atoms with Gasteiger partial charge in [-0.25, -0.2) is 4.68 Å². The lowest BCUT2D eigenvalue weighted by atomic mass is 10.0. The molecular weight excluding hydrogens is 470 g/mol. The Labute approximate surface area is 215 Å². The van der Waals surface area contributed by atoms with E-state index in [1.54, 1.807) is 4.68 Å². The third kappa shape index (κ3) is 5.04. The summed E-state index contributed by atoms with van der Waals surface area (Å²) in [5.41, 5.74) is 2.70. The van der Waals surface area contributed by atoms with E-state index in [9.17, 15) is 9.59 Å². The van der Waals surface area contributed by atoms with Gasteiger partial charge in [0, 0.05) is 36.4 Å². The van der Waals surface area contributed by atoms with E-state index in [0.29, 0.717) is 29.7 Å². The van der Waals surface area contributed by atoms with Crippen molar-refractivity contribution in [2.75, 3.05) is 11.9 Å². The normalized spacial score (nSPS) is 22.1. The van der Waals surface area contributed by atoms with Crippen LogP contribution in [0.2, 0.25) is 0 Å². The Morgan fingerprint density at radius 3 is 2.78 bits per heavy atom. The van der Waals surface area contributed by atoms with E-state index in [4.69, 9.17) is 14.6 Å². The summed E-state index contributed by atoms with van der Waals surface area (Å²) >= 11 is 0. The number of nitrogens with one attached hydrogen (secondary N) is 3. The predicted molar refractivity (Wildman–Crippen MR) is 137 cm³/mol. The third-order valence-corrected chi connectivity index (χ3v) is 6.92. The average molecular weight is 502 g/mol. The van der Waals surface area contributed by atoms with Gasteiger partial charge in [-0.15, -0.1) is 0 Å². The molecule has 2 amide bonds. The second-order valence-electron chi connectivity index (χ2n) is 10.6. The molecule has 1 aromatic heterocycles. The van der Waals surface area contributed by atoms with Crippen LogP contribution in [0.1, 0.15) is 68.2 Å². The van der Waals surface area contributed by atoms with Crippen LogP contribution >= 0.6 is 0 Å². The molecule has 3 aliphatic rings. The molecule has 3 N–H and O–H groups in total. The number of carbonyl (C=O) groups is 2. The van der Waals surface area contributed by atoms with Crippen LogP contribution in [0.3, 0.4) is 0 Å². The van der Waals surface area contributed by atoms with Crippen LogP contribution in [0.15, 0.2) is 54.6 Å². The molecule has 1 aliphatic carbocycles. The number of hydrogen-bond acceptors (Lipinski definition) is 6. The minimum absolute atomic E-state index is 0.0810. The maximum atomic E-state index is 13.0. The van der Waals surface area contributed by atoms with Gasteiger partial charge in [-0.05, 0) is 38.3 Å². The maximum Gasteiger partial charge on any atom is 0.263 e. The fraction of sp³-hybridized carbons (Fsp3) is 0.393. The molecule has 192 valence electrons. The summed E-state index contributed by atoms with van der Waals surface area (Å²) in [7, 11) is 0. The minimum Gasteiger partial charge on any atom is -0.483 e. The highest BCUT2D eigenvalue weighted by Crippen LogP contribution is 2.42. The SMILES string of the molecule is CC1(C)Cc2cccc(OCC(=O)Nc3cc(C4CC4)nn3C3NC(=O)CC(c4ccccc4)N3)c2O1. The lowest BCUT2D eigenvalue weighted by Crippen LogP contribution is -2.50.